The topological polar surface area (TPSA) is 32.7 Å². The molecule has 1 fully saturated rings. The molecule has 1 heterocycles. The van der Waals surface area contributed by atoms with E-state index in [1.807, 2.05) is 11.8 Å². The van der Waals surface area contributed by atoms with Gasteiger partial charge in [-0.1, -0.05) is 19.1 Å². The van der Waals surface area contributed by atoms with Gasteiger partial charge in [-0.05, 0) is 24.1 Å². The van der Waals surface area contributed by atoms with Crippen LogP contribution in [0.5, 0.6) is 0 Å². The summed E-state index contributed by atoms with van der Waals surface area (Å²) in [5.41, 5.74) is -0.433. The molecule has 2 unspecified atom stereocenters. The van der Waals surface area contributed by atoms with Gasteiger partial charge in [-0.3, -0.25) is 4.90 Å². The molecule has 0 amide bonds. The second-order valence-corrected chi connectivity index (χ2v) is 5.30. The van der Waals surface area contributed by atoms with Gasteiger partial charge in [0.05, 0.1) is 24.4 Å². The summed E-state index contributed by atoms with van der Waals surface area (Å²) in [7, 11) is 0. The van der Waals surface area contributed by atoms with Crippen molar-refractivity contribution in [2.75, 3.05) is 26.2 Å². The van der Waals surface area contributed by atoms with Crippen molar-refractivity contribution in [3.63, 3.8) is 0 Å². The monoisotopic (exact) mass is 303 g/mol. The molecule has 0 saturated carbocycles. The third kappa shape index (κ3) is 4.43. The molecule has 2 rings (SSSR count). The van der Waals surface area contributed by atoms with Gasteiger partial charge in [0.2, 0.25) is 0 Å². The Morgan fingerprint density at radius 2 is 2.19 bits per heavy atom. The Morgan fingerprint density at radius 1 is 1.43 bits per heavy atom. The number of aliphatic hydroxyl groups excluding tert-OH is 1. The van der Waals surface area contributed by atoms with Gasteiger partial charge in [-0.2, -0.15) is 13.2 Å². The Bertz CT molecular complexity index is 464. The molecule has 3 nitrogen and oxygen atoms in total. The zero-order valence-electron chi connectivity index (χ0n) is 11.9. The minimum atomic E-state index is -4.39. The normalized spacial score (nSPS) is 22.2. The first-order valence-electron chi connectivity index (χ1n) is 7.09. The van der Waals surface area contributed by atoms with Gasteiger partial charge < -0.3 is 9.84 Å². The van der Waals surface area contributed by atoms with E-state index in [2.05, 4.69) is 0 Å². The minimum absolute atomic E-state index is 0.132. The van der Waals surface area contributed by atoms with Gasteiger partial charge in [-0.25, -0.2) is 0 Å². The summed E-state index contributed by atoms with van der Waals surface area (Å²) in [4.78, 5) is 2.03. The van der Waals surface area contributed by atoms with Gasteiger partial charge in [-0.15, -0.1) is 0 Å². The molecule has 1 N–H and O–H groups in total. The maximum atomic E-state index is 12.7. The number of rotatable bonds is 4. The Balaban J connectivity index is 2.01. The molecular formula is C15H20F3NO2. The molecule has 1 saturated heterocycles. The zero-order valence-corrected chi connectivity index (χ0v) is 11.9. The molecule has 1 aromatic carbocycles. The van der Waals surface area contributed by atoms with Crippen molar-refractivity contribution in [3.8, 4) is 0 Å². The fourth-order valence-corrected chi connectivity index (χ4v) is 2.47. The van der Waals surface area contributed by atoms with E-state index < -0.39 is 17.8 Å². The van der Waals surface area contributed by atoms with E-state index in [0.717, 1.165) is 18.6 Å². The van der Waals surface area contributed by atoms with Crippen LogP contribution in [0.15, 0.2) is 24.3 Å². The Kier molecular flexibility index (Phi) is 5.24. The zero-order chi connectivity index (χ0) is 15.5. The SMILES string of the molecule is CCC1CN(CC(O)c2cccc(C(F)(F)F)c2)CCO1. The fraction of sp³-hybridized carbons (Fsp3) is 0.600. The van der Waals surface area contributed by atoms with Gasteiger partial charge in [0.15, 0.2) is 0 Å². The molecule has 1 aliphatic rings. The highest BCUT2D eigenvalue weighted by Gasteiger charge is 2.31. The average molecular weight is 303 g/mol. The summed E-state index contributed by atoms with van der Waals surface area (Å²) < 4.78 is 43.6. The summed E-state index contributed by atoms with van der Waals surface area (Å²) in [5.74, 6) is 0. The van der Waals surface area contributed by atoms with E-state index in [0.29, 0.717) is 31.8 Å². The number of alkyl halides is 3. The van der Waals surface area contributed by atoms with Gasteiger partial charge in [0.25, 0.3) is 0 Å². The number of morpholine rings is 1. The Hall–Kier alpha value is -1.11. The lowest BCUT2D eigenvalue weighted by Crippen LogP contribution is -2.43. The maximum Gasteiger partial charge on any atom is 0.416 e. The number of benzene rings is 1. The van der Waals surface area contributed by atoms with Gasteiger partial charge >= 0.3 is 6.18 Å². The van der Waals surface area contributed by atoms with E-state index in [4.69, 9.17) is 4.74 Å². The van der Waals surface area contributed by atoms with Crippen LogP contribution in [0.2, 0.25) is 0 Å². The molecule has 1 aliphatic heterocycles. The standard InChI is InChI=1S/C15H20F3NO2/c1-2-13-9-19(6-7-21-13)10-14(20)11-4-3-5-12(8-11)15(16,17)18/h3-5,8,13-14,20H,2,6-7,9-10H2,1H3. The lowest BCUT2D eigenvalue weighted by atomic mass is 10.0. The second kappa shape index (κ2) is 6.77. The molecule has 2 atom stereocenters. The summed E-state index contributed by atoms with van der Waals surface area (Å²) >= 11 is 0. The van der Waals surface area contributed by atoms with Crippen LogP contribution in [0.1, 0.15) is 30.6 Å². The summed E-state index contributed by atoms with van der Waals surface area (Å²) in [6, 6.07) is 4.88. The number of aliphatic hydroxyl groups is 1. The maximum absolute atomic E-state index is 12.7. The van der Waals surface area contributed by atoms with Gasteiger partial charge in [0.1, 0.15) is 0 Å². The Labute approximate surface area is 122 Å². The van der Waals surface area contributed by atoms with Crippen LogP contribution in [0.3, 0.4) is 0 Å². The van der Waals surface area contributed by atoms with Crippen molar-refractivity contribution in [2.24, 2.45) is 0 Å². The summed E-state index contributed by atoms with van der Waals surface area (Å²) in [5, 5.41) is 10.2. The van der Waals surface area contributed by atoms with E-state index in [9.17, 15) is 18.3 Å². The third-order valence-electron chi connectivity index (χ3n) is 3.71. The molecule has 118 valence electrons. The molecule has 0 radical (unpaired) electrons. The van der Waals surface area contributed by atoms with Crippen molar-refractivity contribution in [1.82, 2.24) is 4.90 Å². The van der Waals surface area contributed by atoms with E-state index in [1.54, 1.807) is 0 Å². The van der Waals surface area contributed by atoms with Crippen LogP contribution < -0.4 is 0 Å². The highest BCUT2D eigenvalue weighted by Crippen LogP contribution is 2.31. The quantitative estimate of drug-likeness (QED) is 0.928. The molecule has 1 aromatic rings. The van der Waals surface area contributed by atoms with Crippen molar-refractivity contribution >= 4 is 0 Å². The van der Waals surface area contributed by atoms with Crippen LogP contribution in [0, 0.1) is 0 Å². The van der Waals surface area contributed by atoms with Crippen LogP contribution in [-0.2, 0) is 10.9 Å². The first-order valence-corrected chi connectivity index (χ1v) is 7.09. The third-order valence-corrected chi connectivity index (χ3v) is 3.71. The van der Waals surface area contributed by atoms with Crippen LogP contribution >= 0.6 is 0 Å². The van der Waals surface area contributed by atoms with Gasteiger partial charge in [0, 0.05) is 19.6 Å². The first-order chi connectivity index (χ1) is 9.90. The van der Waals surface area contributed by atoms with Crippen molar-refractivity contribution in [1.29, 1.82) is 0 Å². The summed E-state index contributed by atoms with van der Waals surface area (Å²) in [6.07, 6.45) is -4.30. The first kappa shape index (κ1) is 16.3. The van der Waals surface area contributed by atoms with Crippen molar-refractivity contribution < 1.29 is 23.0 Å². The number of nitrogens with zero attached hydrogens (tertiary/aromatic N) is 1. The highest BCUT2D eigenvalue weighted by atomic mass is 19.4. The lowest BCUT2D eigenvalue weighted by Gasteiger charge is -2.33. The number of hydrogen-bond acceptors (Lipinski definition) is 3. The second-order valence-electron chi connectivity index (χ2n) is 5.30. The smallest absolute Gasteiger partial charge is 0.387 e. The molecule has 21 heavy (non-hydrogen) atoms. The molecule has 0 aliphatic carbocycles. The minimum Gasteiger partial charge on any atom is -0.387 e. The predicted octanol–water partition coefficient (Wildman–Crippen LogP) is 2.85. The fourth-order valence-electron chi connectivity index (χ4n) is 2.47. The number of ether oxygens (including phenoxy) is 1. The van der Waals surface area contributed by atoms with Crippen LogP contribution in [-0.4, -0.2) is 42.4 Å². The van der Waals surface area contributed by atoms with Crippen LogP contribution in [0.4, 0.5) is 13.2 Å². The molecule has 0 bridgehead atoms. The largest absolute Gasteiger partial charge is 0.416 e. The van der Waals surface area contributed by atoms with Crippen molar-refractivity contribution in [2.45, 2.75) is 31.7 Å². The lowest BCUT2D eigenvalue weighted by molar-refractivity contribution is -0.137. The molecule has 0 aromatic heterocycles. The predicted molar refractivity (Wildman–Crippen MR) is 72.9 cm³/mol. The molecule has 6 heteroatoms. The molecular weight excluding hydrogens is 283 g/mol. The number of halogens is 3. The van der Waals surface area contributed by atoms with Crippen LogP contribution in [0.25, 0.3) is 0 Å². The number of hydrogen-bond donors (Lipinski definition) is 1. The van der Waals surface area contributed by atoms with Crippen molar-refractivity contribution in [3.05, 3.63) is 35.4 Å². The Morgan fingerprint density at radius 3 is 2.86 bits per heavy atom. The highest BCUT2D eigenvalue weighted by molar-refractivity contribution is 5.27. The average Bonchev–Trinajstić information content (AvgIpc) is 2.46. The molecule has 0 spiro atoms. The van der Waals surface area contributed by atoms with E-state index in [1.165, 1.54) is 12.1 Å². The summed E-state index contributed by atoms with van der Waals surface area (Å²) in [6.45, 7) is 4.32. The number of β-amino-alcohol motifs (C(OH)–C–C–N with tert-alkyl or cyclic N) is 1. The van der Waals surface area contributed by atoms with E-state index >= 15 is 0 Å². The van der Waals surface area contributed by atoms with E-state index in [-0.39, 0.29) is 6.10 Å².